The second-order valence-electron chi connectivity index (χ2n) is 5.92. The first-order valence-corrected chi connectivity index (χ1v) is 8.09. The number of aliphatic hydroxyl groups is 1. The summed E-state index contributed by atoms with van der Waals surface area (Å²) in [6, 6.07) is 3.84. The summed E-state index contributed by atoms with van der Waals surface area (Å²) in [7, 11) is 0. The number of aliphatic hydroxyl groups excluding tert-OH is 1. The molecule has 140 valence electrons. The van der Waals surface area contributed by atoms with Crippen molar-refractivity contribution in [3.05, 3.63) is 46.4 Å². The Bertz CT molecular complexity index is 760. The van der Waals surface area contributed by atoms with Crippen LogP contribution in [0.3, 0.4) is 0 Å². The lowest BCUT2D eigenvalue weighted by atomic mass is 9.97. The highest BCUT2D eigenvalue weighted by atomic mass is 16.3. The van der Waals surface area contributed by atoms with Crippen molar-refractivity contribution in [1.82, 2.24) is 25.1 Å². The van der Waals surface area contributed by atoms with Crippen molar-refractivity contribution in [3.8, 4) is 0 Å². The molecular formula is C16H21N5O5. The Morgan fingerprint density at radius 3 is 2.65 bits per heavy atom. The van der Waals surface area contributed by atoms with Crippen molar-refractivity contribution in [1.29, 1.82) is 0 Å². The van der Waals surface area contributed by atoms with Crippen LogP contribution in [-0.4, -0.2) is 66.9 Å². The van der Waals surface area contributed by atoms with E-state index in [-0.39, 0.29) is 30.4 Å². The van der Waals surface area contributed by atoms with Crippen LogP contribution in [0, 0.1) is 5.92 Å². The van der Waals surface area contributed by atoms with Gasteiger partial charge in [0.2, 0.25) is 5.91 Å². The van der Waals surface area contributed by atoms with E-state index in [4.69, 9.17) is 9.90 Å². The molecule has 0 radical (unpaired) electrons. The second kappa shape index (κ2) is 9.47. The van der Waals surface area contributed by atoms with Crippen LogP contribution >= 0.6 is 0 Å². The van der Waals surface area contributed by atoms with Gasteiger partial charge in [-0.3, -0.25) is 19.6 Å². The largest absolute Gasteiger partial charge is 0.483 e. The quantitative estimate of drug-likeness (QED) is 0.507. The molecule has 0 bridgehead atoms. The molecule has 10 heteroatoms. The Kier molecular flexibility index (Phi) is 7.03. The molecule has 3 heterocycles. The number of carbonyl (C=O) groups excluding carboxylic acids is 1. The first kappa shape index (κ1) is 19.3. The molecule has 1 fully saturated rings. The number of amides is 1. The predicted molar refractivity (Wildman–Crippen MR) is 90.2 cm³/mol. The summed E-state index contributed by atoms with van der Waals surface area (Å²) in [5.74, 6) is 0.466. The highest BCUT2D eigenvalue weighted by molar-refractivity contribution is 5.76. The Labute approximate surface area is 148 Å². The molecule has 0 saturated carbocycles. The zero-order valence-electron chi connectivity index (χ0n) is 14.0. The summed E-state index contributed by atoms with van der Waals surface area (Å²) in [6.07, 6.45) is 4.29. The monoisotopic (exact) mass is 363 g/mol. The number of nitrogens with zero attached hydrogens (tertiary/aromatic N) is 3. The zero-order chi connectivity index (χ0) is 18.9. The third-order valence-corrected chi connectivity index (χ3v) is 4.13. The van der Waals surface area contributed by atoms with Crippen LogP contribution < -0.4 is 5.69 Å². The Morgan fingerprint density at radius 1 is 1.35 bits per heavy atom. The number of hydrogen-bond acceptors (Lipinski definition) is 6. The number of pyridine rings is 1. The number of hydrogen-bond donors (Lipinski definition) is 4. The van der Waals surface area contributed by atoms with E-state index >= 15 is 0 Å². The fourth-order valence-electron chi connectivity index (χ4n) is 2.89. The van der Waals surface area contributed by atoms with E-state index in [9.17, 15) is 14.7 Å². The smallest absolute Gasteiger partial charge is 0.340 e. The number of carboxylic acid groups (broad SMARTS) is 1. The number of nitrogens with one attached hydrogen (secondary N) is 2. The molecule has 1 aliphatic rings. The van der Waals surface area contributed by atoms with E-state index in [1.807, 2.05) is 12.1 Å². The van der Waals surface area contributed by atoms with Gasteiger partial charge in [-0.15, -0.1) is 0 Å². The van der Waals surface area contributed by atoms with Gasteiger partial charge in [-0.05, 0) is 24.1 Å². The van der Waals surface area contributed by atoms with Gasteiger partial charge in [0.05, 0.1) is 6.10 Å². The summed E-state index contributed by atoms with van der Waals surface area (Å²) in [6.45, 7) is 0.644. The fraction of sp³-hybridized carbons (Fsp3) is 0.438. The molecule has 0 unspecified atom stereocenters. The van der Waals surface area contributed by atoms with Gasteiger partial charge in [-0.25, -0.2) is 9.89 Å². The van der Waals surface area contributed by atoms with E-state index in [2.05, 4.69) is 20.2 Å². The van der Waals surface area contributed by atoms with E-state index < -0.39 is 6.10 Å². The summed E-state index contributed by atoms with van der Waals surface area (Å²) in [4.78, 5) is 39.7. The van der Waals surface area contributed by atoms with E-state index in [1.165, 1.54) is 0 Å². The minimum Gasteiger partial charge on any atom is -0.483 e. The van der Waals surface area contributed by atoms with Crippen molar-refractivity contribution in [2.45, 2.75) is 25.4 Å². The molecule has 2 aromatic rings. The molecule has 0 aliphatic carbocycles. The van der Waals surface area contributed by atoms with Crippen molar-refractivity contribution in [3.63, 3.8) is 0 Å². The average Bonchev–Trinajstić information content (AvgIpc) is 3.20. The molecule has 2 aromatic heterocycles. The number of H-pyrrole nitrogens is 2. The van der Waals surface area contributed by atoms with Crippen LogP contribution in [0.5, 0.6) is 0 Å². The van der Waals surface area contributed by atoms with Crippen LogP contribution in [0.4, 0.5) is 0 Å². The average molecular weight is 363 g/mol. The second-order valence-corrected chi connectivity index (χ2v) is 5.92. The lowest BCUT2D eigenvalue weighted by Gasteiger charge is -2.15. The standard InChI is InChI=1S/C15H19N5O3.CH2O2/c21-12-9-20(8-11(12)7-10-3-5-16-6-4-10)14(22)2-1-13-17-15(23)19-18-13;2-1-3/h3-6,11-12,21H,1-2,7-9H2,(H2,17,18,19,23);1H,(H,2,3)/t11-,12-;/m1./s1. The normalized spacial score (nSPS) is 18.9. The highest BCUT2D eigenvalue weighted by Crippen LogP contribution is 2.22. The minimum absolute atomic E-state index is 0.0338. The molecule has 1 aliphatic heterocycles. The molecule has 0 spiro atoms. The number of aryl methyl sites for hydroxylation is 1. The molecule has 3 rings (SSSR count). The first-order valence-electron chi connectivity index (χ1n) is 8.09. The van der Waals surface area contributed by atoms with E-state index in [0.717, 1.165) is 12.0 Å². The maximum Gasteiger partial charge on any atom is 0.340 e. The van der Waals surface area contributed by atoms with Gasteiger partial charge in [0, 0.05) is 44.2 Å². The summed E-state index contributed by atoms with van der Waals surface area (Å²) < 4.78 is 0. The third-order valence-electron chi connectivity index (χ3n) is 4.13. The molecular weight excluding hydrogens is 342 g/mol. The van der Waals surface area contributed by atoms with Gasteiger partial charge < -0.3 is 15.1 Å². The highest BCUT2D eigenvalue weighted by Gasteiger charge is 2.33. The van der Waals surface area contributed by atoms with E-state index in [1.54, 1.807) is 17.3 Å². The van der Waals surface area contributed by atoms with Crippen molar-refractivity contribution >= 4 is 12.4 Å². The van der Waals surface area contributed by atoms with E-state index in [0.29, 0.717) is 25.3 Å². The molecule has 2 atom stereocenters. The SMILES string of the molecule is O=C(CCc1n[nH]c(=O)[nH]1)N1C[C@@H](Cc2ccncc2)[C@H](O)C1.O=CO. The van der Waals surface area contributed by atoms with Crippen LogP contribution in [0.15, 0.2) is 29.3 Å². The Balaban J connectivity index is 0.000000758. The number of likely N-dealkylation sites (tertiary alicyclic amines) is 1. The third kappa shape index (κ3) is 5.52. The molecule has 0 aromatic carbocycles. The summed E-state index contributed by atoms with van der Waals surface area (Å²) >= 11 is 0. The number of β-amino-alcohol motifs (C(OH)–C–C–N with tert-alkyl or cyclic N) is 1. The van der Waals surface area contributed by atoms with Crippen molar-refractivity contribution in [2.75, 3.05) is 13.1 Å². The Morgan fingerprint density at radius 2 is 2.04 bits per heavy atom. The lowest BCUT2D eigenvalue weighted by Crippen LogP contribution is -2.29. The van der Waals surface area contributed by atoms with Crippen LogP contribution in [0.2, 0.25) is 0 Å². The Hall–Kier alpha value is -3.01. The number of rotatable bonds is 5. The summed E-state index contributed by atoms with van der Waals surface area (Å²) in [5.41, 5.74) is 0.730. The molecule has 26 heavy (non-hydrogen) atoms. The van der Waals surface area contributed by atoms with Gasteiger partial charge in [-0.2, -0.15) is 5.10 Å². The minimum atomic E-state index is -0.516. The van der Waals surface area contributed by atoms with Crippen LogP contribution in [0.1, 0.15) is 17.8 Å². The van der Waals surface area contributed by atoms with Gasteiger partial charge in [-0.1, -0.05) is 0 Å². The molecule has 1 saturated heterocycles. The number of carbonyl (C=O) groups is 2. The van der Waals surface area contributed by atoms with Crippen LogP contribution in [-0.2, 0) is 22.4 Å². The molecule has 1 amide bonds. The lowest BCUT2D eigenvalue weighted by molar-refractivity contribution is -0.130. The maximum absolute atomic E-state index is 12.2. The molecule has 4 N–H and O–H groups in total. The zero-order valence-corrected chi connectivity index (χ0v) is 14.0. The van der Waals surface area contributed by atoms with Crippen LogP contribution in [0.25, 0.3) is 0 Å². The number of aromatic amines is 2. The maximum atomic E-state index is 12.2. The van der Waals surface area contributed by atoms with Gasteiger partial charge >= 0.3 is 5.69 Å². The van der Waals surface area contributed by atoms with Crippen molar-refractivity contribution < 1.29 is 19.8 Å². The van der Waals surface area contributed by atoms with Gasteiger partial charge in [0.25, 0.3) is 6.47 Å². The first-order chi connectivity index (χ1) is 12.5. The van der Waals surface area contributed by atoms with Crippen molar-refractivity contribution in [2.24, 2.45) is 5.92 Å². The fourth-order valence-corrected chi connectivity index (χ4v) is 2.89. The molecule has 10 nitrogen and oxygen atoms in total. The topological polar surface area (TPSA) is 152 Å². The van der Waals surface area contributed by atoms with Gasteiger partial charge in [0.1, 0.15) is 5.82 Å². The number of aromatic nitrogens is 4. The predicted octanol–water partition coefficient (Wildman–Crippen LogP) is -0.812. The summed E-state index contributed by atoms with van der Waals surface area (Å²) in [5, 5.41) is 23.1. The van der Waals surface area contributed by atoms with Gasteiger partial charge in [0.15, 0.2) is 0 Å².